The van der Waals surface area contributed by atoms with Gasteiger partial charge in [0.25, 0.3) is 5.91 Å². The number of benzene rings is 1. The fraction of sp³-hybridized carbons (Fsp3) is 0.375. The Morgan fingerprint density at radius 2 is 2.09 bits per heavy atom. The minimum Gasteiger partial charge on any atom is -0.454 e. The predicted octanol–water partition coefficient (Wildman–Crippen LogP) is 2.54. The van der Waals surface area contributed by atoms with Crippen LogP contribution in [0.3, 0.4) is 0 Å². The Labute approximate surface area is 132 Å². The van der Waals surface area contributed by atoms with Crippen molar-refractivity contribution in [2.45, 2.75) is 27.3 Å². The maximum atomic E-state index is 12.2. The van der Waals surface area contributed by atoms with Crippen molar-refractivity contribution < 1.29 is 14.3 Å². The number of fused-ring (bicyclic) bond motifs is 2. The van der Waals surface area contributed by atoms with E-state index < -0.39 is 5.41 Å². The highest BCUT2D eigenvalue weighted by Gasteiger charge is 2.22. The van der Waals surface area contributed by atoms with Crippen molar-refractivity contribution in [3.8, 4) is 23.8 Å². The molecule has 1 aliphatic heterocycles. The highest BCUT2D eigenvalue weighted by atomic mass is 32.1. The van der Waals surface area contributed by atoms with Crippen molar-refractivity contribution >= 4 is 27.5 Å². The summed E-state index contributed by atoms with van der Waals surface area (Å²) >= 11 is 1.42. The molecule has 0 fully saturated rings. The lowest BCUT2D eigenvalue weighted by molar-refractivity contribution is -0.125. The molecular weight excluding hydrogens is 300 g/mol. The molecule has 0 spiro atoms. The van der Waals surface area contributed by atoms with E-state index in [1.807, 2.05) is 37.5 Å². The van der Waals surface area contributed by atoms with E-state index >= 15 is 0 Å². The van der Waals surface area contributed by atoms with Crippen LogP contribution >= 0.6 is 11.3 Å². The highest BCUT2D eigenvalue weighted by Crippen LogP contribution is 2.36. The molecule has 0 bridgehead atoms. The molecular formula is C16H16N2O3S. The normalized spacial score (nSPS) is 14.4. The number of nitrogens with zero attached hydrogens (tertiary/aromatic N) is 2. The van der Waals surface area contributed by atoms with Gasteiger partial charge in [0.05, 0.1) is 16.8 Å². The van der Waals surface area contributed by atoms with Gasteiger partial charge in [0.15, 0.2) is 16.3 Å². The number of aromatic nitrogens is 1. The number of carbonyl (C=O) groups excluding carboxylic acids is 1. The number of ether oxygens (including phenoxy) is 2. The van der Waals surface area contributed by atoms with E-state index in [9.17, 15) is 4.79 Å². The summed E-state index contributed by atoms with van der Waals surface area (Å²) in [7, 11) is 0. The zero-order valence-electron chi connectivity index (χ0n) is 12.7. The average molecular weight is 316 g/mol. The summed E-state index contributed by atoms with van der Waals surface area (Å²) in [5.74, 6) is 3.82. The third-order valence-electron chi connectivity index (χ3n) is 3.27. The Balaban J connectivity index is 2.23. The van der Waals surface area contributed by atoms with Gasteiger partial charge in [-0.25, -0.2) is 0 Å². The molecule has 1 aromatic heterocycles. The molecule has 0 atom stereocenters. The molecule has 0 aliphatic carbocycles. The summed E-state index contributed by atoms with van der Waals surface area (Å²) in [6.07, 6.45) is 5.46. The van der Waals surface area contributed by atoms with Crippen molar-refractivity contribution in [3.05, 3.63) is 16.9 Å². The summed E-state index contributed by atoms with van der Waals surface area (Å²) in [5, 5.41) is 0. The molecule has 1 aromatic carbocycles. The number of terminal acetylenes is 1. The molecule has 5 nitrogen and oxygen atoms in total. The minimum absolute atomic E-state index is 0.176. The van der Waals surface area contributed by atoms with Crippen LogP contribution in [0.5, 0.6) is 11.5 Å². The van der Waals surface area contributed by atoms with Crippen molar-refractivity contribution in [1.29, 1.82) is 0 Å². The average Bonchev–Trinajstić information content (AvgIpc) is 3.01. The van der Waals surface area contributed by atoms with Gasteiger partial charge < -0.3 is 14.0 Å². The van der Waals surface area contributed by atoms with Crippen molar-refractivity contribution in [2.24, 2.45) is 10.4 Å². The summed E-state index contributed by atoms with van der Waals surface area (Å²) in [4.78, 5) is 17.0. The minimum atomic E-state index is -0.530. The zero-order chi connectivity index (χ0) is 15.9. The second-order valence-electron chi connectivity index (χ2n) is 6.02. The quantitative estimate of drug-likeness (QED) is 0.760. The van der Waals surface area contributed by atoms with Crippen LogP contribution in [0.1, 0.15) is 20.8 Å². The number of rotatable bonds is 1. The molecule has 0 unspecified atom stereocenters. The fourth-order valence-electron chi connectivity index (χ4n) is 2.04. The van der Waals surface area contributed by atoms with E-state index in [1.165, 1.54) is 11.3 Å². The number of amides is 1. The van der Waals surface area contributed by atoms with Crippen molar-refractivity contribution in [2.75, 3.05) is 6.79 Å². The van der Waals surface area contributed by atoms with Gasteiger partial charge in [-0.05, 0) is 0 Å². The van der Waals surface area contributed by atoms with E-state index in [2.05, 4.69) is 10.9 Å². The van der Waals surface area contributed by atoms with E-state index in [-0.39, 0.29) is 12.7 Å². The molecule has 1 amide bonds. The largest absolute Gasteiger partial charge is 0.454 e. The topological polar surface area (TPSA) is 52.8 Å². The van der Waals surface area contributed by atoms with Crippen LogP contribution in [0.15, 0.2) is 17.1 Å². The Hall–Kier alpha value is -2.26. The Bertz CT molecular complexity index is 862. The molecule has 6 heteroatoms. The van der Waals surface area contributed by atoms with Gasteiger partial charge >= 0.3 is 0 Å². The Morgan fingerprint density at radius 1 is 1.41 bits per heavy atom. The summed E-state index contributed by atoms with van der Waals surface area (Å²) in [6.45, 7) is 6.09. The molecule has 0 saturated carbocycles. The van der Waals surface area contributed by atoms with Gasteiger partial charge in [-0.1, -0.05) is 38.0 Å². The number of hydrogen-bond donors (Lipinski definition) is 0. The van der Waals surface area contributed by atoms with Crippen LogP contribution in [0, 0.1) is 17.8 Å². The van der Waals surface area contributed by atoms with E-state index in [0.29, 0.717) is 22.8 Å². The third-order valence-corrected chi connectivity index (χ3v) is 4.31. The second-order valence-corrected chi connectivity index (χ2v) is 7.02. The summed E-state index contributed by atoms with van der Waals surface area (Å²) in [6, 6.07) is 3.78. The lowest BCUT2D eigenvalue weighted by atomic mass is 9.96. The maximum Gasteiger partial charge on any atom is 0.253 e. The first-order valence-corrected chi connectivity index (χ1v) is 7.67. The van der Waals surface area contributed by atoms with Gasteiger partial charge in [0.2, 0.25) is 6.79 Å². The van der Waals surface area contributed by atoms with Crippen LogP contribution in [-0.4, -0.2) is 17.3 Å². The Kier molecular flexibility index (Phi) is 3.45. The lowest BCUT2D eigenvalue weighted by Gasteiger charge is -2.11. The molecule has 0 radical (unpaired) electrons. The van der Waals surface area contributed by atoms with E-state index in [1.54, 1.807) is 0 Å². The number of carbonyl (C=O) groups is 1. The Morgan fingerprint density at radius 3 is 2.73 bits per heavy atom. The first kappa shape index (κ1) is 14.7. The summed E-state index contributed by atoms with van der Waals surface area (Å²) in [5.41, 5.74) is 0.366. The predicted molar refractivity (Wildman–Crippen MR) is 84.8 cm³/mol. The van der Waals surface area contributed by atoms with E-state index in [0.717, 1.165) is 10.2 Å². The van der Waals surface area contributed by atoms with Crippen LogP contribution in [-0.2, 0) is 11.3 Å². The van der Waals surface area contributed by atoms with Crippen LogP contribution < -0.4 is 14.3 Å². The second kappa shape index (κ2) is 5.18. The molecule has 2 aromatic rings. The highest BCUT2D eigenvalue weighted by molar-refractivity contribution is 7.16. The molecule has 0 N–H and O–H groups in total. The first-order valence-electron chi connectivity index (χ1n) is 6.86. The fourth-order valence-corrected chi connectivity index (χ4v) is 3.08. The third kappa shape index (κ3) is 2.48. The first-order chi connectivity index (χ1) is 10.4. The summed E-state index contributed by atoms with van der Waals surface area (Å²) < 4.78 is 13.6. The zero-order valence-corrected chi connectivity index (χ0v) is 13.5. The molecule has 114 valence electrons. The molecule has 3 rings (SSSR count). The number of thiazole rings is 1. The van der Waals surface area contributed by atoms with Gasteiger partial charge in [0, 0.05) is 17.5 Å². The van der Waals surface area contributed by atoms with Crippen LogP contribution in [0.4, 0.5) is 0 Å². The molecule has 0 saturated heterocycles. The van der Waals surface area contributed by atoms with Gasteiger partial charge in [-0.15, -0.1) is 6.42 Å². The molecule has 2 heterocycles. The van der Waals surface area contributed by atoms with E-state index in [4.69, 9.17) is 15.9 Å². The van der Waals surface area contributed by atoms with Crippen LogP contribution in [0.2, 0.25) is 0 Å². The molecule has 1 aliphatic rings. The SMILES string of the molecule is C#CCn1c(=NC(=O)C(C)(C)C)sc2cc3c(cc21)OCO3. The van der Waals surface area contributed by atoms with Gasteiger partial charge in [-0.2, -0.15) is 4.99 Å². The van der Waals surface area contributed by atoms with Crippen molar-refractivity contribution in [1.82, 2.24) is 4.57 Å². The standard InChI is InChI=1S/C16H16N2O3S/c1-5-6-18-10-7-11-12(21-9-20-11)8-13(10)22-15(18)17-14(19)16(2,3)4/h1,7-8H,6,9H2,2-4H3. The van der Waals surface area contributed by atoms with Gasteiger partial charge in [-0.3, -0.25) is 4.79 Å². The monoisotopic (exact) mass is 316 g/mol. The van der Waals surface area contributed by atoms with Crippen LogP contribution in [0.25, 0.3) is 10.2 Å². The van der Waals surface area contributed by atoms with Gasteiger partial charge in [0.1, 0.15) is 0 Å². The lowest BCUT2D eigenvalue weighted by Crippen LogP contribution is -2.23. The smallest absolute Gasteiger partial charge is 0.253 e. The molecule has 22 heavy (non-hydrogen) atoms. The maximum absolute atomic E-state index is 12.2. The van der Waals surface area contributed by atoms with Crippen molar-refractivity contribution in [3.63, 3.8) is 0 Å². The number of hydrogen-bond acceptors (Lipinski definition) is 4.